The van der Waals surface area contributed by atoms with E-state index in [1.54, 1.807) is 7.11 Å². The molecule has 3 aromatic rings. The molecule has 0 heterocycles. The van der Waals surface area contributed by atoms with Gasteiger partial charge in [0.25, 0.3) is 0 Å². The summed E-state index contributed by atoms with van der Waals surface area (Å²) < 4.78 is 11.7. The molecule has 26 heavy (non-hydrogen) atoms. The van der Waals surface area contributed by atoms with Crippen molar-refractivity contribution in [2.75, 3.05) is 13.7 Å². The van der Waals surface area contributed by atoms with Crippen molar-refractivity contribution in [1.29, 1.82) is 0 Å². The standard InChI is InChI=1S/C23H22O3/c1-25-18-22(17-24)26-23(19-11-5-2-6-12-19,20-13-7-3-8-14-20)21-15-9-4-10-16-21/h2-17,22H,18H2,1H3/t22-/m1/s1. The van der Waals surface area contributed by atoms with E-state index in [9.17, 15) is 4.79 Å². The summed E-state index contributed by atoms with van der Waals surface area (Å²) in [4.78, 5) is 11.7. The highest BCUT2D eigenvalue weighted by Gasteiger charge is 2.39. The molecule has 0 N–H and O–H groups in total. The first-order valence-corrected chi connectivity index (χ1v) is 8.60. The summed E-state index contributed by atoms with van der Waals surface area (Å²) >= 11 is 0. The predicted molar refractivity (Wildman–Crippen MR) is 102 cm³/mol. The van der Waals surface area contributed by atoms with Gasteiger partial charge >= 0.3 is 0 Å². The van der Waals surface area contributed by atoms with Crippen LogP contribution in [-0.2, 0) is 19.9 Å². The molecule has 0 unspecified atom stereocenters. The molecular formula is C23H22O3. The Bertz CT molecular complexity index is 704. The van der Waals surface area contributed by atoms with Crippen LogP contribution in [0.5, 0.6) is 0 Å². The fraction of sp³-hybridized carbons (Fsp3) is 0.174. The van der Waals surface area contributed by atoms with E-state index < -0.39 is 11.7 Å². The Morgan fingerprint density at radius 2 is 1.15 bits per heavy atom. The lowest BCUT2D eigenvalue weighted by Gasteiger charge is -2.37. The lowest BCUT2D eigenvalue weighted by atomic mass is 9.80. The average Bonchev–Trinajstić information content (AvgIpc) is 2.73. The molecule has 0 aliphatic carbocycles. The minimum Gasteiger partial charge on any atom is -0.382 e. The second kappa shape index (κ2) is 8.56. The van der Waals surface area contributed by atoms with Crippen LogP contribution in [0, 0.1) is 0 Å². The van der Waals surface area contributed by atoms with Crippen LogP contribution in [0.2, 0.25) is 0 Å². The Balaban J connectivity index is 2.26. The van der Waals surface area contributed by atoms with Crippen LogP contribution in [0.3, 0.4) is 0 Å². The quantitative estimate of drug-likeness (QED) is 0.453. The van der Waals surface area contributed by atoms with Crippen LogP contribution in [0.25, 0.3) is 0 Å². The zero-order valence-electron chi connectivity index (χ0n) is 14.7. The van der Waals surface area contributed by atoms with Gasteiger partial charge < -0.3 is 14.3 Å². The maximum absolute atomic E-state index is 11.7. The topological polar surface area (TPSA) is 35.5 Å². The highest BCUT2D eigenvalue weighted by molar-refractivity contribution is 5.57. The van der Waals surface area contributed by atoms with E-state index in [0.717, 1.165) is 23.0 Å². The van der Waals surface area contributed by atoms with Gasteiger partial charge in [-0.25, -0.2) is 0 Å². The fourth-order valence-corrected chi connectivity index (χ4v) is 3.22. The zero-order valence-corrected chi connectivity index (χ0v) is 14.7. The number of methoxy groups -OCH3 is 1. The van der Waals surface area contributed by atoms with Crippen LogP contribution >= 0.6 is 0 Å². The second-order valence-corrected chi connectivity index (χ2v) is 6.03. The van der Waals surface area contributed by atoms with Crippen molar-refractivity contribution < 1.29 is 14.3 Å². The molecule has 132 valence electrons. The zero-order chi connectivity index (χ0) is 18.2. The number of hydrogen-bond acceptors (Lipinski definition) is 3. The lowest BCUT2D eigenvalue weighted by molar-refractivity contribution is -0.131. The van der Waals surface area contributed by atoms with E-state index in [4.69, 9.17) is 9.47 Å². The number of benzene rings is 3. The van der Waals surface area contributed by atoms with Crippen molar-refractivity contribution in [2.24, 2.45) is 0 Å². The van der Waals surface area contributed by atoms with Crippen molar-refractivity contribution in [3.8, 4) is 0 Å². The first-order valence-electron chi connectivity index (χ1n) is 8.60. The fourth-order valence-electron chi connectivity index (χ4n) is 3.22. The Kier molecular flexibility index (Phi) is 5.95. The third kappa shape index (κ3) is 3.59. The molecule has 0 fully saturated rings. The molecule has 3 aromatic carbocycles. The van der Waals surface area contributed by atoms with Gasteiger partial charge in [-0.3, -0.25) is 0 Å². The highest BCUT2D eigenvalue weighted by Crippen LogP contribution is 2.41. The number of carbonyl (C=O) groups is 1. The summed E-state index contributed by atoms with van der Waals surface area (Å²) in [5, 5.41) is 0. The minimum absolute atomic E-state index is 0.192. The molecule has 3 rings (SSSR count). The van der Waals surface area contributed by atoms with Crippen molar-refractivity contribution in [2.45, 2.75) is 11.7 Å². The van der Waals surface area contributed by atoms with E-state index in [1.807, 2.05) is 91.0 Å². The first kappa shape index (κ1) is 18.1. The van der Waals surface area contributed by atoms with Crippen molar-refractivity contribution >= 4 is 6.29 Å². The van der Waals surface area contributed by atoms with E-state index in [1.165, 1.54) is 0 Å². The second-order valence-electron chi connectivity index (χ2n) is 6.03. The summed E-state index contributed by atoms with van der Waals surface area (Å²) in [6.45, 7) is 0.192. The molecule has 0 aliphatic heterocycles. The van der Waals surface area contributed by atoms with Gasteiger partial charge in [-0.15, -0.1) is 0 Å². The Labute approximate surface area is 154 Å². The summed E-state index contributed by atoms with van der Waals surface area (Å²) in [6, 6.07) is 29.9. The molecule has 0 saturated heterocycles. The molecule has 3 nitrogen and oxygen atoms in total. The summed E-state index contributed by atoms with van der Waals surface area (Å²) in [5.41, 5.74) is 1.97. The van der Waals surface area contributed by atoms with E-state index in [2.05, 4.69) is 0 Å². The van der Waals surface area contributed by atoms with Gasteiger partial charge in [0.2, 0.25) is 0 Å². The van der Waals surface area contributed by atoms with E-state index in [0.29, 0.717) is 0 Å². The van der Waals surface area contributed by atoms with Gasteiger partial charge in [0.1, 0.15) is 11.7 Å². The Hall–Kier alpha value is -2.75. The summed E-state index contributed by atoms with van der Waals surface area (Å²) in [5.74, 6) is 0. The van der Waals surface area contributed by atoms with Crippen LogP contribution in [0.1, 0.15) is 16.7 Å². The predicted octanol–water partition coefficient (Wildman–Crippen LogP) is 4.21. The minimum atomic E-state index is -0.909. The lowest BCUT2D eigenvalue weighted by Crippen LogP contribution is -2.39. The number of carbonyl (C=O) groups excluding carboxylic acids is 1. The molecular weight excluding hydrogens is 324 g/mol. The molecule has 3 heteroatoms. The molecule has 0 radical (unpaired) electrons. The molecule has 0 spiro atoms. The summed E-state index contributed by atoms with van der Waals surface area (Å²) in [7, 11) is 1.56. The molecule has 0 amide bonds. The average molecular weight is 346 g/mol. The van der Waals surface area contributed by atoms with Crippen molar-refractivity contribution in [3.05, 3.63) is 108 Å². The smallest absolute Gasteiger partial charge is 0.151 e. The van der Waals surface area contributed by atoms with Crippen LogP contribution < -0.4 is 0 Å². The van der Waals surface area contributed by atoms with Crippen molar-refractivity contribution in [1.82, 2.24) is 0 Å². The number of rotatable bonds is 8. The number of ether oxygens (including phenoxy) is 2. The highest BCUT2D eigenvalue weighted by atomic mass is 16.5. The van der Waals surface area contributed by atoms with Crippen LogP contribution in [0.4, 0.5) is 0 Å². The Morgan fingerprint density at radius 1 is 0.769 bits per heavy atom. The van der Waals surface area contributed by atoms with Crippen molar-refractivity contribution in [3.63, 3.8) is 0 Å². The monoisotopic (exact) mass is 346 g/mol. The largest absolute Gasteiger partial charge is 0.382 e. The first-order chi connectivity index (χ1) is 12.8. The molecule has 1 atom stereocenters. The molecule has 0 aromatic heterocycles. The number of aldehydes is 1. The van der Waals surface area contributed by atoms with Gasteiger partial charge in [-0.05, 0) is 16.7 Å². The summed E-state index contributed by atoms with van der Waals surface area (Å²) in [6.07, 6.45) is 0.105. The van der Waals surface area contributed by atoms with Gasteiger partial charge in [0.15, 0.2) is 6.29 Å². The van der Waals surface area contributed by atoms with E-state index in [-0.39, 0.29) is 6.61 Å². The van der Waals surface area contributed by atoms with E-state index >= 15 is 0 Å². The van der Waals surface area contributed by atoms with Gasteiger partial charge in [-0.2, -0.15) is 0 Å². The van der Waals surface area contributed by atoms with Gasteiger partial charge in [0.05, 0.1) is 6.61 Å². The van der Waals surface area contributed by atoms with Crippen LogP contribution in [-0.4, -0.2) is 26.1 Å². The SMILES string of the molecule is COC[C@@H](C=O)OC(c1ccccc1)(c1ccccc1)c1ccccc1. The van der Waals surface area contributed by atoms with Gasteiger partial charge in [-0.1, -0.05) is 91.0 Å². The maximum Gasteiger partial charge on any atom is 0.151 e. The molecule has 0 aliphatic rings. The third-order valence-electron chi connectivity index (χ3n) is 4.35. The number of hydrogen-bond donors (Lipinski definition) is 0. The van der Waals surface area contributed by atoms with Gasteiger partial charge in [0, 0.05) is 7.11 Å². The molecule has 0 bridgehead atoms. The maximum atomic E-state index is 11.7. The Morgan fingerprint density at radius 3 is 1.46 bits per heavy atom. The normalized spacial score (nSPS) is 12.5. The molecule has 0 saturated carbocycles. The van der Waals surface area contributed by atoms with Crippen LogP contribution in [0.15, 0.2) is 91.0 Å². The third-order valence-corrected chi connectivity index (χ3v) is 4.35.